The Labute approximate surface area is 120 Å². The van der Waals surface area contributed by atoms with Gasteiger partial charge in [-0.1, -0.05) is 23.4 Å². The van der Waals surface area contributed by atoms with Crippen LogP contribution in [0.2, 0.25) is 0 Å². The fourth-order valence-electron chi connectivity index (χ4n) is 3.17. The number of nitrogens with zero attached hydrogens (tertiary/aromatic N) is 2. The fraction of sp³-hybridized carbons (Fsp3) is 0.333. The molecule has 4 rings (SSSR count). The second-order valence-electron chi connectivity index (χ2n) is 5.35. The van der Waals surface area contributed by atoms with Gasteiger partial charge in [0.2, 0.25) is 5.89 Å². The first kappa shape index (κ1) is 12.1. The molecule has 5 heteroatoms. The zero-order valence-electron chi connectivity index (χ0n) is 10.6. The van der Waals surface area contributed by atoms with E-state index in [-0.39, 0.29) is 11.7 Å². The van der Waals surface area contributed by atoms with Crippen molar-refractivity contribution in [2.45, 2.75) is 18.2 Å². The number of fused-ring (bicyclic) bond motifs is 1. The quantitative estimate of drug-likeness (QED) is 0.808. The standard InChI is InChI=1S/C15H12ClFN2O/c16-7-13-18-15(19-20-13)14-11-5-9(6-12(11)14)8-2-1-3-10(17)4-8/h1-5,11-12,14H,6-7H2/t11-,12+,14+/m0/s1. The van der Waals surface area contributed by atoms with E-state index in [1.807, 2.05) is 6.07 Å². The number of hydrogen-bond donors (Lipinski definition) is 0. The Kier molecular flexibility index (Phi) is 2.67. The monoisotopic (exact) mass is 290 g/mol. The molecule has 0 spiro atoms. The van der Waals surface area contributed by atoms with Crippen LogP contribution in [0.3, 0.4) is 0 Å². The van der Waals surface area contributed by atoms with Crippen LogP contribution in [0.5, 0.6) is 0 Å². The fourth-order valence-corrected chi connectivity index (χ4v) is 3.28. The molecule has 0 amide bonds. The van der Waals surface area contributed by atoms with E-state index >= 15 is 0 Å². The second-order valence-corrected chi connectivity index (χ2v) is 5.62. The molecular formula is C15H12ClFN2O. The van der Waals surface area contributed by atoms with Crippen LogP contribution in [-0.2, 0) is 5.88 Å². The summed E-state index contributed by atoms with van der Waals surface area (Å²) in [5.74, 6) is 2.60. The molecule has 102 valence electrons. The van der Waals surface area contributed by atoms with E-state index in [0.717, 1.165) is 17.8 Å². The van der Waals surface area contributed by atoms with E-state index in [9.17, 15) is 4.39 Å². The minimum Gasteiger partial charge on any atom is -0.338 e. The van der Waals surface area contributed by atoms with Crippen LogP contribution in [0, 0.1) is 17.7 Å². The Bertz CT molecular complexity index is 697. The van der Waals surface area contributed by atoms with Crippen LogP contribution in [0.15, 0.2) is 34.9 Å². The molecule has 2 aliphatic rings. The maximum absolute atomic E-state index is 13.2. The van der Waals surface area contributed by atoms with Gasteiger partial charge in [0.05, 0.1) is 0 Å². The normalized spacial score (nSPS) is 27.3. The summed E-state index contributed by atoms with van der Waals surface area (Å²) in [5, 5.41) is 3.98. The third-order valence-electron chi connectivity index (χ3n) is 4.17. The third kappa shape index (κ3) is 1.86. The molecule has 1 aromatic carbocycles. The summed E-state index contributed by atoms with van der Waals surface area (Å²) in [5.41, 5.74) is 2.20. The van der Waals surface area contributed by atoms with Crippen LogP contribution in [0.25, 0.3) is 5.57 Å². The van der Waals surface area contributed by atoms with Gasteiger partial charge in [-0.3, -0.25) is 0 Å². The van der Waals surface area contributed by atoms with Gasteiger partial charge in [-0.15, -0.1) is 11.6 Å². The van der Waals surface area contributed by atoms with Crippen LogP contribution in [0.1, 0.15) is 29.6 Å². The van der Waals surface area contributed by atoms with Gasteiger partial charge in [-0.2, -0.15) is 4.98 Å². The van der Waals surface area contributed by atoms with Gasteiger partial charge in [0.25, 0.3) is 0 Å². The van der Waals surface area contributed by atoms with Crippen LogP contribution in [0.4, 0.5) is 4.39 Å². The summed E-state index contributed by atoms with van der Waals surface area (Å²) >= 11 is 5.66. The lowest BCUT2D eigenvalue weighted by atomic mass is 10.0. The maximum atomic E-state index is 13.2. The van der Waals surface area contributed by atoms with Crippen molar-refractivity contribution in [3.8, 4) is 0 Å². The van der Waals surface area contributed by atoms with E-state index < -0.39 is 0 Å². The number of alkyl halides is 1. The molecule has 0 saturated heterocycles. The first-order valence-electron chi connectivity index (χ1n) is 6.61. The molecule has 0 N–H and O–H groups in total. The lowest BCUT2D eigenvalue weighted by molar-refractivity contribution is 0.383. The summed E-state index contributed by atoms with van der Waals surface area (Å²) in [6, 6.07) is 6.76. The van der Waals surface area contributed by atoms with E-state index in [0.29, 0.717) is 23.6 Å². The van der Waals surface area contributed by atoms with Crippen molar-refractivity contribution in [3.05, 3.63) is 53.4 Å². The molecular weight excluding hydrogens is 279 g/mol. The summed E-state index contributed by atoms with van der Waals surface area (Å²) < 4.78 is 18.3. The lowest BCUT2D eigenvalue weighted by Crippen LogP contribution is -1.92. The van der Waals surface area contributed by atoms with Gasteiger partial charge < -0.3 is 4.52 Å². The van der Waals surface area contributed by atoms with Crippen LogP contribution in [-0.4, -0.2) is 10.1 Å². The topological polar surface area (TPSA) is 38.9 Å². The SMILES string of the molecule is Fc1cccc(C2=C[C@H]3[C@@H](C2)[C@@H]3c2noc(CCl)n2)c1. The van der Waals surface area contributed by atoms with Crippen molar-refractivity contribution < 1.29 is 8.91 Å². The summed E-state index contributed by atoms with van der Waals surface area (Å²) in [4.78, 5) is 4.29. The number of aromatic nitrogens is 2. The van der Waals surface area contributed by atoms with Gasteiger partial charge in [0.15, 0.2) is 5.82 Å². The Morgan fingerprint density at radius 1 is 1.40 bits per heavy atom. The average molecular weight is 291 g/mol. The second kappa shape index (κ2) is 4.42. The largest absolute Gasteiger partial charge is 0.338 e. The molecule has 0 bridgehead atoms. The lowest BCUT2D eigenvalue weighted by Gasteiger charge is -2.05. The summed E-state index contributed by atoms with van der Waals surface area (Å²) in [6.45, 7) is 0. The molecule has 0 unspecified atom stereocenters. The van der Waals surface area contributed by atoms with Gasteiger partial charge >= 0.3 is 0 Å². The molecule has 3 atom stereocenters. The zero-order chi connectivity index (χ0) is 13.7. The maximum Gasteiger partial charge on any atom is 0.241 e. The highest BCUT2D eigenvalue weighted by Crippen LogP contribution is 2.62. The smallest absolute Gasteiger partial charge is 0.241 e. The van der Waals surface area contributed by atoms with E-state index in [4.69, 9.17) is 16.1 Å². The molecule has 0 aliphatic heterocycles. The molecule has 2 aliphatic carbocycles. The van der Waals surface area contributed by atoms with Gasteiger partial charge in [-0.05, 0) is 41.5 Å². The first-order valence-corrected chi connectivity index (χ1v) is 7.15. The van der Waals surface area contributed by atoms with Gasteiger partial charge in [-0.25, -0.2) is 4.39 Å². The van der Waals surface area contributed by atoms with E-state index in [1.54, 1.807) is 12.1 Å². The molecule has 1 saturated carbocycles. The average Bonchev–Trinajstić information content (AvgIpc) is 2.87. The van der Waals surface area contributed by atoms with Gasteiger partial charge in [0, 0.05) is 5.92 Å². The highest BCUT2D eigenvalue weighted by molar-refractivity contribution is 6.16. The van der Waals surface area contributed by atoms with Crippen LogP contribution < -0.4 is 0 Å². The number of allylic oxidation sites excluding steroid dienone is 2. The third-order valence-corrected chi connectivity index (χ3v) is 4.40. The van der Waals surface area contributed by atoms with Crippen molar-refractivity contribution >= 4 is 17.2 Å². The molecule has 1 fully saturated rings. The number of rotatable bonds is 3. The summed E-state index contributed by atoms with van der Waals surface area (Å²) in [7, 11) is 0. The van der Waals surface area contributed by atoms with E-state index in [1.165, 1.54) is 11.6 Å². The molecule has 2 aromatic rings. The van der Waals surface area contributed by atoms with Crippen molar-refractivity contribution in [3.63, 3.8) is 0 Å². The van der Waals surface area contributed by atoms with E-state index in [2.05, 4.69) is 16.2 Å². The Morgan fingerprint density at radius 3 is 2.95 bits per heavy atom. The number of halogens is 2. The number of benzene rings is 1. The Morgan fingerprint density at radius 2 is 2.30 bits per heavy atom. The predicted molar refractivity (Wildman–Crippen MR) is 72.6 cm³/mol. The molecule has 20 heavy (non-hydrogen) atoms. The Balaban J connectivity index is 1.54. The van der Waals surface area contributed by atoms with Crippen molar-refractivity contribution in [2.24, 2.45) is 11.8 Å². The van der Waals surface area contributed by atoms with Crippen molar-refractivity contribution in [1.29, 1.82) is 0 Å². The highest BCUT2D eigenvalue weighted by atomic mass is 35.5. The minimum atomic E-state index is -0.189. The van der Waals surface area contributed by atoms with Gasteiger partial charge in [0.1, 0.15) is 11.7 Å². The summed E-state index contributed by atoms with van der Waals surface area (Å²) in [6.07, 6.45) is 3.17. The number of hydrogen-bond acceptors (Lipinski definition) is 3. The first-order chi connectivity index (χ1) is 9.76. The molecule has 1 heterocycles. The molecule has 1 aromatic heterocycles. The molecule has 0 radical (unpaired) electrons. The minimum absolute atomic E-state index is 0.189. The molecule has 3 nitrogen and oxygen atoms in total. The van der Waals surface area contributed by atoms with Crippen molar-refractivity contribution in [1.82, 2.24) is 10.1 Å². The van der Waals surface area contributed by atoms with Crippen LogP contribution >= 0.6 is 11.6 Å². The Hall–Kier alpha value is -1.68. The highest BCUT2D eigenvalue weighted by Gasteiger charge is 2.55. The predicted octanol–water partition coefficient (Wildman–Crippen LogP) is 3.76. The van der Waals surface area contributed by atoms with Crippen molar-refractivity contribution in [2.75, 3.05) is 0 Å². The zero-order valence-corrected chi connectivity index (χ0v) is 11.3.